The molecule has 4 rings (SSSR count). The van der Waals surface area contributed by atoms with Gasteiger partial charge in [0.05, 0.1) is 30.8 Å². The largest absolute Gasteiger partial charge is 0.464 e. The van der Waals surface area contributed by atoms with Gasteiger partial charge in [-0.3, -0.25) is 9.79 Å². The summed E-state index contributed by atoms with van der Waals surface area (Å²) in [5.41, 5.74) is 3.45. The minimum atomic E-state index is -0.628. The summed E-state index contributed by atoms with van der Waals surface area (Å²) >= 11 is 12.7. The summed E-state index contributed by atoms with van der Waals surface area (Å²) in [7, 11) is 1.27. The molecular weight excluding hydrogens is 413 g/mol. The molecule has 2 aromatic rings. The van der Waals surface area contributed by atoms with Crippen molar-refractivity contribution < 1.29 is 14.3 Å². The molecule has 0 aromatic heterocycles. The van der Waals surface area contributed by atoms with Gasteiger partial charge in [0, 0.05) is 21.2 Å². The van der Waals surface area contributed by atoms with Crippen LogP contribution in [0.5, 0.6) is 0 Å². The van der Waals surface area contributed by atoms with E-state index in [4.69, 9.17) is 32.9 Å². The summed E-state index contributed by atoms with van der Waals surface area (Å²) < 4.78 is 4.87. The van der Waals surface area contributed by atoms with Gasteiger partial charge in [-0.2, -0.15) is 0 Å². The Labute approximate surface area is 177 Å². The van der Waals surface area contributed by atoms with Crippen molar-refractivity contribution in [3.05, 3.63) is 75.0 Å². The smallest absolute Gasteiger partial charge is 0.356 e. The average Bonchev–Trinajstić information content (AvgIpc) is 2.87. The standard InChI is InChI=1S/C21H17Cl2N3O3/c1-11-20(27)25-19(21(28)29-2)17-10-24-18(13-5-3-4-6-15(13)23)14-9-12(22)7-8-16(14)26(11)17/h3-9,11H,10H2,1-2H3,(H,25,27). The van der Waals surface area contributed by atoms with E-state index in [9.17, 15) is 9.59 Å². The van der Waals surface area contributed by atoms with Crippen LogP contribution in [-0.4, -0.2) is 37.3 Å². The first-order valence-electron chi connectivity index (χ1n) is 8.93. The fourth-order valence-electron chi connectivity index (χ4n) is 3.58. The first kappa shape index (κ1) is 19.5. The van der Waals surface area contributed by atoms with E-state index in [-0.39, 0.29) is 18.1 Å². The lowest BCUT2D eigenvalue weighted by Gasteiger charge is -2.37. The second kappa shape index (κ2) is 7.54. The second-order valence-corrected chi connectivity index (χ2v) is 7.50. The van der Waals surface area contributed by atoms with Crippen LogP contribution < -0.4 is 10.2 Å². The lowest BCUT2D eigenvalue weighted by Crippen LogP contribution is -2.52. The van der Waals surface area contributed by atoms with Crippen LogP contribution in [-0.2, 0) is 14.3 Å². The highest BCUT2D eigenvalue weighted by Crippen LogP contribution is 2.37. The predicted molar refractivity (Wildman–Crippen MR) is 113 cm³/mol. The van der Waals surface area contributed by atoms with Gasteiger partial charge in [0.15, 0.2) is 0 Å². The molecule has 1 N–H and O–H groups in total. The quantitative estimate of drug-likeness (QED) is 0.740. The van der Waals surface area contributed by atoms with E-state index >= 15 is 0 Å². The first-order chi connectivity index (χ1) is 13.9. The third-order valence-electron chi connectivity index (χ3n) is 4.97. The number of carbonyl (C=O) groups is 2. The van der Waals surface area contributed by atoms with Crippen LogP contribution in [0.2, 0.25) is 10.0 Å². The van der Waals surface area contributed by atoms with Gasteiger partial charge in [0.2, 0.25) is 5.91 Å². The maximum Gasteiger partial charge on any atom is 0.356 e. The lowest BCUT2D eigenvalue weighted by molar-refractivity contribution is -0.138. The number of ether oxygens (including phenoxy) is 1. The van der Waals surface area contributed by atoms with E-state index < -0.39 is 12.0 Å². The van der Waals surface area contributed by atoms with Crippen LogP contribution in [0.3, 0.4) is 0 Å². The summed E-state index contributed by atoms with van der Waals surface area (Å²) in [5.74, 6) is -0.937. The number of carbonyl (C=O) groups excluding carboxylic acids is 2. The number of nitrogens with one attached hydrogen (secondary N) is 1. The third-order valence-corrected chi connectivity index (χ3v) is 5.54. The molecule has 0 saturated heterocycles. The monoisotopic (exact) mass is 429 g/mol. The van der Waals surface area contributed by atoms with Crippen LogP contribution in [0.15, 0.2) is 58.9 Å². The van der Waals surface area contributed by atoms with Gasteiger partial charge < -0.3 is 15.0 Å². The maximum absolute atomic E-state index is 12.6. The number of aliphatic imine (C=N–C) groups is 1. The zero-order chi connectivity index (χ0) is 20.7. The number of anilines is 1. The number of methoxy groups -OCH3 is 1. The fraction of sp³-hybridized carbons (Fsp3) is 0.190. The summed E-state index contributed by atoms with van der Waals surface area (Å²) in [5, 5.41) is 3.72. The molecule has 0 fully saturated rings. The normalized spacial score (nSPS) is 18.3. The molecule has 8 heteroatoms. The van der Waals surface area contributed by atoms with E-state index in [2.05, 4.69) is 5.32 Å². The van der Waals surface area contributed by atoms with Crippen molar-refractivity contribution >= 4 is 46.5 Å². The van der Waals surface area contributed by atoms with Gasteiger partial charge in [-0.25, -0.2) is 4.79 Å². The number of amides is 1. The number of esters is 1. The van der Waals surface area contributed by atoms with Crippen LogP contribution in [0.1, 0.15) is 18.1 Å². The maximum atomic E-state index is 12.6. The van der Waals surface area contributed by atoms with Crippen molar-refractivity contribution in [1.82, 2.24) is 5.32 Å². The Bertz CT molecular complexity index is 1090. The molecule has 1 amide bonds. The highest BCUT2D eigenvalue weighted by atomic mass is 35.5. The summed E-state index contributed by atoms with van der Waals surface area (Å²) in [6.45, 7) is 1.92. The van der Waals surface area contributed by atoms with Crippen LogP contribution in [0.4, 0.5) is 5.69 Å². The molecule has 1 unspecified atom stereocenters. The molecule has 0 aliphatic carbocycles. The minimum Gasteiger partial charge on any atom is -0.464 e. The van der Waals surface area contributed by atoms with E-state index in [1.54, 1.807) is 25.1 Å². The zero-order valence-corrected chi connectivity index (χ0v) is 17.2. The second-order valence-electron chi connectivity index (χ2n) is 6.65. The summed E-state index contributed by atoms with van der Waals surface area (Å²) in [6, 6.07) is 12.2. The van der Waals surface area contributed by atoms with Crippen molar-refractivity contribution in [2.24, 2.45) is 4.99 Å². The molecule has 6 nitrogen and oxygen atoms in total. The Morgan fingerprint density at radius 3 is 2.69 bits per heavy atom. The van der Waals surface area contributed by atoms with Gasteiger partial charge in [-0.1, -0.05) is 41.4 Å². The molecular formula is C21H17Cl2N3O3. The predicted octanol–water partition coefficient (Wildman–Crippen LogP) is 3.55. The molecule has 1 atom stereocenters. The molecule has 0 bridgehead atoms. The minimum absolute atomic E-state index is 0.0839. The van der Waals surface area contributed by atoms with Crippen molar-refractivity contribution in [3.63, 3.8) is 0 Å². The summed E-state index contributed by atoms with van der Waals surface area (Å²) in [6.07, 6.45) is 0. The van der Waals surface area contributed by atoms with Gasteiger partial charge in [0.1, 0.15) is 11.7 Å². The molecule has 2 aliphatic rings. The molecule has 2 aliphatic heterocycles. The number of hydrogen-bond donors (Lipinski definition) is 1. The third kappa shape index (κ3) is 3.28. The van der Waals surface area contributed by atoms with E-state index in [0.717, 1.165) is 11.1 Å². The molecule has 0 saturated carbocycles. The Morgan fingerprint density at radius 2 is 1.97 bits per heavy atom. The number of rotatable bonds is 2. The van der Waals surface area contributed by atoms with Gasteiger partial charge in [-0.05, 0) is 31.2 Å². The fourth-order valence-corrected chi connectivity index (χ4v) is 3.98. The SMILES string of the molecule is COC(=O)C1=C2CN=C(c3ccccc3Cl)c3cc(Cl)ccc3N2C(C)C(=O)N1. The van der Waals surface area contributed by atoms with Gasteiger partial charge >= 0.3 is 5.97 Å². The van der Waals surface area contributed by atoms with Gasteiger partial charge in [-0.15, -0.1) is 0 Å². The first-order valence-corrected chi connectivity index (χ1v) is 9.68. The van der Waals surface area contributed by atoms with E-state index in [0.29, 0.717) is 27.1 Å². The lowest BCUT2D eigenvalue weighted by atomic mass is 9.99. The highest BCUT2D eigenvalue weighted by Gasteiger charge is 2.38. The van der Waals surface area contributed by atoms with Crippen LogP contribution in [0.25, 0.3) is 0 Å². The Morgan fingerprint density at radius 1 is 1.21 bits per heavy atom. The zero-order valence-electron chi connectivity index (χ0n) is 15.7. The molecule has 0 radical (unpaired) electrons. The Hall–Kier alpha value is -2.83. The topological polar surface area (TPSA) is 71.0 Å². The molecule has 148 valence electrons. The molecule has 2 heterocycles. The average molecular weight is 430 g/mol. The van der Waals surface area contributed by atoms with Crippen LogP contribution >= 0.6 is 23.2 Å². The molecule has 2 aromatic carbocycles. The number of fused-ring (bicyclic) bond motifs is 3. The molecule has 29 heavy (non-hydrogen) atoms. The summed E-state index contributed by atoms with van der Waals surface area (Å²) in [4.78, 5) is 31.5. The number of nitrogens with zero attached hydrogens (tertiary/aromatic N) is 2. The van der Waals surface area contributed by atoms with Crippen LogP contribution in [0, 0.1) is 0 Å². The van der Waals surface area contributed by atoms with E-state index in [1.807, 2.05) is 29.2 Å². The van der Waals surface area contributed by atoms with Gasteiger partial charge in [0.25, 0.3) is 0 Å². The van der Waals surface area contributed by atoms with Crippen molar-refractivity contribution in [2.45, 2.75) is 13.0 Å². The molecule has 0 spiro atoms. The van der Waals surface area contributed by atoms with Crippen molar-refractivity contribution in [2.75, 3.05) is 18.6 Å². The number of halogens is 2. The van der Waals surface area contributed by atoms with Crippen molar-refractivity contribution in [3.8, 4) is 0 Å². The van der Waals surface area contributed by atoms with Crippen molar-refractivity contribution in [1.29, 1.82) is 0 Å². The number of hydrogen-bond acceptors (Lipinski definition) is 5. The Balaban J connectivity index is 2.02. The van der Waals surface area contributed by atoms with E-state index in [1.165, 1.54) is 7.11 Å². The number of benzene rings is 2. The highest BCUT2D eigenvalue weighted by molar-refractivity contribution is 6.36. The Kier molecular flexibility index (Phi) is 5.06.